The Morgan fingerprint density at radius 1 is 1.44 bits per heavy atom. The molecule has 1 saturated heterocycles. The molecule has 1 amide bonds. The second-order valence-corrected chi connectivity index (χ2v) is 5.87. The number of carbonyl (C=O) groups is 1. The van der Waals surface area contributed by atoms with Gasteiger partial charge in [0.25, 0.3) is 5.91 Å². The summed E-state index contributed by atoms with van der Waals surface area (Å²) in [4.78, 5) is 12.0. The van der Waals surface area contributed by atoms with Gasteiger partial charge in [-0.1, -0.05) is 34.0 Å². The van der Waals surface area contributed by atoms with Crippen LogP contribution in [-0.2, 0) is 0 Å². The molecule has 0 spiro atoms. The van der Waals surface area contributed by atoms with E-state index in [1.165, 1.54) is 12.8 Å². The SMILES string of the molecule is O=C(NCC1CCCCN1)c1cc(Cl)cc(Br)c1. The highest BCUT2D eigenvalue weighted by molar-refractivity contribution is 9.10. The Kier molecular flexibility index (Phi) is 5.03. The fourth-order valence-corrected chi connectivity index (χ4v) is 2.96. The summed E-state index contributed by atoms with van der Waals surface area (Å²) in [5, 5.41) is 6.90. The van der Waals surface area contributed by atoms with Crippen LogP contribution in [0.15, 0.2) is 22.7 Å². The first-order valence-electron chi connectivity index (χ1n) is 6.13. The van der Waals surface area contributed by atoms with Crippen LogP contribution in [0, 0.1) is 0 Å². The summed E-state index contributed by atoms with van der Waals surface area (Å²) < 4.78 is 0.816. The maximum absolute atomic E-state index is 12.0. The molecule has 3 nitrogen and oxygen atoms in total. The number of rotatable bonds is 3. The number of hydrogen-bond acceptors (Lipinski definition) is 2. The van der Waals surface area contributed by atoms with Gasteiger partial charge < -0.3 is 10.6 Å². The van der Waals surface area contributed by atoms with Crippen molar-refractivity contribution in [3.05, 3.63) is 33.3 Å². The average Bonchev–Trinajstić information content (AvgIpc) is 2.36. The Morgan fingerprint density at radius 3 is 2.94 bits per heavy atom. The summed E-state index contributed by atoms with van der Waals surface area (Å²) in [5.74, 6) is -0.0782. The number of nitrogens with one attached hydrogen (secondary N) is 2. The van der Waals surface area contributed by atoms with Crippen LogP contribution < -0.4 is 10.6 Å². The molecule has 2 rings (SSSR count). The molecule has 5 heteroatoms. The van der Waals surface area contributed by atoms with Crippen LogP contribution in [-0.4, -0.2) is 25.0 Å². The molecule has 0 bridgehead atoms. The van der Waals surface area contributed by atoms with Gasteiger partial charge in [0, 0.05) is 27.6 Å². The lowest BCUT2D eigenvalue weighted by molar-refractivity contribution is 0.0947. The van der Waals surface area contributed by atoms with Gasteiger partial charge in [0.15, 0.2) is 0 Å². The van der Waals surface area contributed by atoms with Gasteiger partial charge in [0.05, 0.1) is 0 Å². The molecule has 18 heavy (non-hydrogen) atoms. The van der Waals surface area contributed by atoms with E-state index >= 15 is 0 Å². The number of hydrogen-bond donors (Lipinski definition) is 2. The smallest absolute Gasteiger partial charge is 0.251 e. The summed E-state index contributed by atoms with van der Waals surface area (Å²) in [6, 6.07) is 5.61. The molecule has 1 aromatic rings. The van der Waals surface area contributed by atoms with Gasteiger partial charge in [-0.05, 0) is 37.6 Å². The lowest BCUT2D eigenvalue weighted by Crippen LogP contribution is -2.43. The van der Waals surface area contributed by atoms with Crippen molar-refractivity contribution in [2.45, 2.75) is 25.3 Å². The number of amides is 1. The van der Waals surface area contributed by atoms with Crippen LogP contribution in [0.4, 0.5) is 0 Å². The minimum atomic E-state index is -0.0782. The summed E-state index contributed by atoms with van der Waals surface area (Å²) >= 11 is 9.25. The number of carbonyl (C=O) groups excluding carboxylic acids is 1. The second kappa shape index (κ2) is 6.55. The highest BCUT2D eigenvalue weighted by Crippen LogP contribution is 2.19. The molecular weight excluding hydrogens is 316 g/mol. The molecule has 1 fully saturated rings. The zero-order chi connectivity index (χ0) is 13.0. The highest BCUT2D eigenvalue weighted by atomic mass is 79.9. The lowest BCUT2D eigenvalue weighted by Gasteiger charge is -2.23. The minimum absolute atomic E-state index is 0.0782. The molecule has 0 saturated carbocycles. The maximum Gasteiger partial charge on any atom is 0.251 e. The Hall–Kier alpha value is -0.580. The Bertz CT molecular complexity index is 413. The number of halogens is 2. The van der Waals surface area contributed by atoms with Crippen LogP contribution in [0.25, 0.3) is 0 Å². The predicted molar refractivity (Wildman–Crippen MR) is 77.1 cm³/mol. The maximum atomic E-state index is 12.0. The van der Waals surface area contributed by atoms with E-state index in [-0.39, 0.29) is 5.91 Å². The van der Waals surface area contributed by atoms with E-state index < -0.39 is 0 Å². The third-order valence-corrected chi connectivity index (χ3v) is 3.72. The molecule has 0 radical (unpaired) electrons. The molecule has 2 N–H and O–H groups in total. The van der Waals surface area contributed by atoms with E-state index in [4.69, 9.17) is 11.6 Å². The largest absolute Gasteiger partial charge is 0.350 e. The highest BCUT2D eigenvalue weighted by Gasteiger charge is 2.14. The van der Waals surface area contributed by atoms with Crippen molar-refractivity contribution < 1.29 is 4.79 Å². The topological polar surface area (TPSA) is 41.1 Å². The van der Waals surface area contributed by atoms with E-state index in [0.717, 1.165) is 17.4 Å². The molecule has 1 aliphatic heterocycles. The molecule has 0 aromatic heterocycles. The first-order valence-corrected chi connectivity index (χ1v) is 7.30. The number of piperidine rings is 1. The molecular formula is C13H16BrClN2O. The van der Waals surface area contributed by atoms with Crippen LogP contribution in [0.5, 0.6) is 0 Å². The van der Waals surface area contributed by atoms with Crippen LogP contribution in [0.3, 0.4) is 0 Å². The van der Waals surface area contributed by atoms with Gasteiger partial charge in [0.1, 0.15) is 0 Å². The zero-order valence-corrected chi connectivity index (χ0v) is 12.4. The van der Waals surface area contributed by atoms with Crippen molar-refractivity contribution in [2.24, 2.45) is 0 Å². The Balaban J connectivity index is 1.90. The van der Waals surface area contributed by atoms with Gasteiger partial charge in [-0.2, -0.15) is 0 Å². The lowest BCUT2D eigenvalue weighted by atomic mass is 10.1. The third-order valence-electron chi connectivity index (χ3n) is 3.05. The summed E-state index contributed by atoms with van der Waals surface area (Å²) in [6.45, 7) is 1.71. The molecule has 98 valence electrons. The van der Waals surface area contributed by atoms with Crippen molar-refractivity contribution in [2.75, 3.05) is 13.1 Å². The van der Waals surface area contributed by atoms with Gasteiger partial charge in [0.2, 0.25) is 0 Å². The van der Waals surface area contributed by atoms with Crippen molar-refractivity contribution in [1.82, 2.24) is 10.6 Å². The van der Waals surface area contributed by atoms with Crippen molar-refractivity contribution >= 4 is 33.4 Å². The second-order valence-electron chi connectivity index (χ2n) is 4.51. The van der Waals surface area contributed by atoms with Crippen LogP contribution >= 0.6 is 27.5 Å². The standard InChI is InChI=1S/C13H16BrClN2O/c14-10-5-9(6-11(15)7-10)13(18)17-8-12-3-1-2-4-16-12/h5-7,12,16H,1-4,8H2,(H,17,18). The quantitative estimate of drug-likeness (QED) is 0.894. The summed E-state index contributed by atoms with van der Waals surface area (Å²) in [6.07, 6.45) is 3.58. The van der Waals surface area contributed by atoms with E-state index in [9.17, 15) is 4.79 Å². The Labute approximate surface area is 120 Å². The summed E-state index contributed by atoms with van der Waals surface area (Å²) in [7, 11) is 0. The predicted octanol–water partition coefficient (Wildman–Crippen LogP) is 2.97. The van der Waals surface area contributed by atoms with E-state index in [1.807, 2.05) is 0 Å². The molecule has 1 aliphatic rings. The first kappa shape index (κ1) is 13.8. The van der Waals surface area contributed by atoms with Gasteiger partial charge in [-0.15, -0.1) is 0 Å². The van der Waals surface area contributed by atoms with E-state index in [1.54, 1.807) is 18.2 Å². The number of benzene rings is 1. The monoisotopic (exact) mass is 330 g/mol. The molecule has 0 aliphatic carbocycles. The van der Waals surface area contributed by atoms with Crippen molar-refractivity contribution in [3.8, 4) is 0 Å². The van der Waals surface area contributed by atoms with Crippen LogP contribution in [0.2, 0.25) is 5.02 Å². The molecule has 1 aromatic carbocycles. The van der Waals surface area contributed by atoms with Gasteiger partial charge in [-0.25, -0.2) is 0 Å². The molecule has 1 atom stereocenters. The molecule has 1 heterocycles. The van der Waals surface area contributed by atoms with Gasteiger partial charge >= 0.3 is 0 Å². The van der Waals surface area contributed by atoms with Crippen molar-refractivity contribution in [1.29, 1.82) is 0 Å². The van der Waals surface area contributed by atoms with E-state index in [0.29, 0.717) is 23.2 Å². The molecule has 1 unspecified atom stereocenters. The third kappa shape index (κ3) is 3.97. The fraction of sp³-hybridized carbons (Fsp3) is 0.462. The van der Waals surface area contributed by atoms with E-state index in [2.05, 4.69) is 26.6 Å². The Morgan fingerprint density at radius 2 is 2.28 bits per heavy atom. The van der Waals surface area contributed by atoms with Gasteiger partial charge in [-0.3, -0.25) is 4.79 Å². The normalized spacial score (nSPS) is 19.6. The van der Waals surface area contributed by atoms with Crippen molar-refractivity contribution in [3.63, 3.8) is 0 Å². The minimum Gasteiger partial charge on any atom is -0.350 e. The first-order chi connectivity index (χ1) is 8.65. The van der Waals surface area contributed by atoms with Crippen LogP contribution in [0.1, 0.15) is 29.6 Å². The fourth-order valence-electron chi connectivity index (χ4n) is 2.10. The average molecular weight is 332 g/mol. The summed E-state index contributed by atoms with van der Waals surface area (Å²) in [5.41, 5.74) is 0.588. The zero-order valence-electron chi connectivity index (χ0n) is 10.0.